The van der Waals surface area contributed by atoms with Crippen LogP contribution >= 0.6 is 11.6 Å². The van der Waals surface area contributed by atoms with Gasteiger partial charge < -0.3 is 5.11 Å². The lowest BCUT2D eigenvalue weighted by Gasteiger charge is -2.11. The summed E-state index contributed by atoms with van der Waals surface area (Å²) in [4.78, 5) is 10.6. The summed E-state index contributed by atoms with van der Waals surface area (Å²) in [6.07, 6.45) is 0.839. The number of rotatable bonds is 4. The van der Waals surface area contributed by atoms with Crippen molar-refractivity contribution in [2.24, 2.45) is 0 Å². The van der Waals surface area contributed by atoms with E-state index in [1.54, 1.807) is 12.1 Å². The maximum Gasteiger partial charge on any atom is 0.335 e. The Hall–Kier alpha value is -0.803. The van der Waals surface area contributed by atoms with Gasteiger partial charge in [0.25, 0.3) is 0 Å². The average molecular weight is 243 g/mol. The zero-order valence-electron chi connectivity index (χ0n) is 8.90. The van der Waals surface area contributed by atoms with Gasteiger partial charge in [0.15, 0.2) is 0 Å². The molecule has 1 aromatic carbocycles. The molecule has 0 spiro atoms. The van der Waals surface area contributed by atoms with Crippen LogP contribution in [0, 0.1) is 0 Å². The Kier molecular flexibility index (Phi) is 4.36. The van der Waals surface area contributed by atoms with Gasteiger partial charge >= 0.3 is 5.97 Å². The Morgan fingerprint density at radius 3 is 2.33 bits per heavy atom. The van der Waals surface area contributed by atoms with Gasteiger partial charge in [-0.1, -0.05) is 25.2 Å². The van der Waals surface area contributed by atoms with Gasteiger partial charge in [-0.15, -0.1) is 11.6 Å². The van der Waals surface area contributed by atoms with Crippen LogP contribution in [0.1, 0.15) is 15.9 Å². The molecule has 0 saturated carbocycles. The fourth-order valence-electron chi connectivity index (χ4n) is 1.24. The molecule has 0 aliphatic heterocycles. The highest BCUT2D eigenvalue weighted by Gasteiger charge is 2.11. The Morgan fingerprint density at radius 2 is 1.93 bits per heavy atom. The van der Waals surface area contributed by atoms with E-state index in [4.69, 9.17) is 16.7 Å². The molecule has 0 heterocycles. The van der Waals surface area contributed by atoms with Crippen LogP contribution in [0.5, 0.6) is 0 Å². The zero-order valence-corrected chi connectivity index (χ0v) is 10.8. The average Bonchev–Trinajstić information content (AvgIpc) is 2.18. The lowest BCUT2D eigenvalue weighted by atomic mass is 10.1. The van der Waals surface area contributed by atoms with Crippen LogP contribution in [0.15, 0.2) is 24.3 Å². The Balaban J connectivity index is 2.68. The van der Waals surface area contributed by atoms with Gasteiger partial charge in [0.05, 0.1) is 14.4 Å². The third-order valence-electron chi connectivity index (χ3n) is 2.35. The SMILES string of the molecule is C[SiH](C)C(Cl)Cc1ccc(C(=O)O)cc1. The predicted octanol–water partition coefficient (Wildman–Crippen LogP) is 2.56. The van der Waals surface area contributed by atoms with Crippen molar-refractivity contribution in [3.8, 4) is 0 Å². The molecular formula is C11H15ClO2Si. The largest absolute Gasteiger partial charge is 0.478 e. The van der Waals surface area contributed by atoms with Gasteiger partial charge in [-0.2, -0.15) is 0 Å². The summed E-state index contributed by atoms with van der Waals surface area (Å²) in [5, 5.41) is 8.96. The lowest BCUT2D eigenvalue weighted by Crippen LogP contribution is -2.20. The van der Waals surface area contributed by atoms with Crippen LogP contribution in [-0.2, 0) is 6.42 Å². The highest BCUT2D eigenvalue weighted by molar-refractivity contribution is 6.67. The summed E-state index contributed by atoms with van der Waals surface area (Å²) >= 11 is 6.20. The van der Waals surface area contributed by atoms with Gasteiger partial charge in [-0.3, -0.25) is 0 Å². The van der Waals surface area contributed by atoms with Crippen molar-refractivity contribution < 1.29 is 9.90 Å². The topological polar surface area (TPSA) is 37.3 Å². The second kappa shape index (κ2) is 5.33. The van der Waals surface area contributed by atoms with Crippen LogP contribution in [0.3, 0.4) is 0 Å². The van der Waals surface area contributed by atoms with Crippen LogP contribution in [0.25, 0.3) is 0 Å². The number of aromatic carboxylic acids is 1. The van der Waals surface area contributed by atoms with Crippen LogP contribution < -0.4 is 0 Å². The number of halogens is 1. The van der Waals surface area contributed by atoms with Gasteiger partial charge in [0.1, 0.15) is 0 Å². The Morgan fingerprint density at radius 1 is 1.40 bits per heavy atom. The third kappa shape index (κ3) is 3.68. The number of benzene rings is 1. The Labute approximate surface area is 96.5 Å². The highest BCUT2D eigenvalue weighted by Crippen LogP contribution is 2.12. The second-order valence-corrected chi connectivity index (χ2v) is 8.24. The minimum absolute atomic E-state index is 0.237. The first-order valence-corrected chi connectivity index (χ1v) is 8.38. The van der Waals surface area contributed by atoms with E-state index in [1.807, 2.05) is 12.1 Å². The summed E-state index contributed by atoms with van der Waals surface area (Å²) in [7, 11) is -0.817. The molecule has 82 valence electrons. The van der Waals surface area contributed by atoms with Gasteiger partial charge in [-0.25, -0.2) is 4.79 Å². The first-order valence-electron chi connectivity index (χ1n) is 4.97. The van der Waals surface area contributed by atoms with Gasteiger partial charge in [0.2, 0.25) is 0 Å². The van der Waals surface area contributed by atoms with Crippen molar-refractivity contribution in [2.45, 2.75) is 24.5 Å². The van der Waals surface area contributed by atoms with Crippen molar-refractivity contribution in [3.63, 3.8) is 0 Å². The van der Waals surface area contributed by atoms with Crippen LogP contribution in [0.4, 0.5) is 0 Å². The van der Waals surface area contributed by atoms with E-state index < -0.39 is 14.8 Å². The van der Waals surface area contributed by atoms with Crippen LogP contribution in [0.2, 0.25) is 13.1 Å². The molecule has 0 aromatic heterocycles. The van der Waals surface area contributed by atoms with E-state index in [2.05, 4.69) is 13.1 Å². The standard InChI is InChI=1S/C11H15ClO2Si/c1-15(2)10(12)7-8-3-5-9(6-4-8)11(13)14/h3-6,10,15H,7H2,1-2H3,(H,13,14). The predicted molar refractivity (Wildman–Crippen MR) is 65.6 cm³/mol. The molecule has 0 fully saturated rings. The minimum Gasteiger partial charge on any atom is -0.478 e. The molecule has 0 amide bonds. The molecule has 0 aliphatic carbocycles. The quantitative estimate of drug-likeness (QED) is 0.651. The number of carboxylic acid groups (broad SMARTS) is 1. The molecule has 1 aromatic rings. The zero-order chi connectivity index (χ0) is 11.4. The summed E-state index contributed by atoms with van der Waals surface area (Å²) < 4.78 is 0. The molecule has 4 heteroatoms. The first kappa shape index (κ1) is 12.3. The van der Waals surface area contributed by atoms with Crippen molar-refractivity contribution >= 4 is 26.4 Å². The minimum atomic E-state index is -0.887. The van der Waals surface area contributed by atoms with Gasteiger partial charge in [-0.05, 0) is 24.1 Å². The highest BCUT2D eigenvalue weighted by atomic mass is 35.5. The summed E-state index contributed by atoms with van der Waals surface area (Å²) in [5.74, 6) is -0.887. The number of hydrogen-bond acceptors (Lipinski definition) is 1. The molecule has 0 radical (unpaired) electrons. The number of carboxylic acids is 1. The number of carbonyl (C=O) groups is 1. The molecule has 0 aliphatic rings. The number of hydrogen-bond donors (Lipinski definition) is 1. The molecule has 1 atom stereocenters. The van der Waals surface area contributed by atoms with E-state index in [0.29, 0.717) is 5.56 Å². The summed E-state index contributed by atoms with van der Waals surface area (Å²) in [6, 6.07) is 6.94. The van der Waals surface area contributed by atoms with E-state index in [0.717, 1.165) is 12.0 Å². The smallest absolute Gasteiger partial charge is 0.335 e. The van der Waals surface area contributed by atoms with E-state index in [-0.39, 0.29) is 5.00 Å². The van der Waals surface area contributed by atoms with E-state index in [1.165, 1.54) is 0 Å². The van der Waals surface area contributed by atoms with Crippen molar-refractivity contribution in [3.05, 3.63) is 35.4 Å². The van der Waals surface area contributed by atoms with E-state index in [9.17, 15) is 4.79 Å². The number of alkyl halides is 1. The van der Waals surface area contributed by atoms with Crippen LogP contribution in [-0.4, -0.2) is 24.9 Å². The van der Waals surface area contributed by atoms with Gasteiger partial charge in [0, 0.05) is 5.00 Å². The molecule has 1 rings (SSSR count). The fourth-order valence-corrected chi connectivity index (χ4v) is 2.17. The maximum absolute atomic E-state index is 10.6. The second-order valence-electron chi connectivity index (χ2n) is 3.97. The molecule has 0 saturated heterocycles. The molecule has 15 heavy (non-hydrogen) atoms. The van der Waals surface area contributed by atoms with E-state index >= 15 is 0 Å². The Bertz CT molecular complexity index is 335. The monoisotopic (exact) mass is 242 g/mol. The van der Waals surface area contributed by atoms with Crippen molar-refractivity contribution in [2.75, 3.05) is 0 Å². The maximum atomic E-state index is 10.6. The lowest BCUT2D eigenvalue weighted by molar-refractivity contribution is 0.0697. The molecule has 0 bridgehead atoms. The molecule has 1 unspecified atom stereocenters. The molecule has 1 N–H and O–H groups in total. The molecular weight excluding hydrogens is 228 g/mol. The fraction of sp³-hybridized carbons (Fsp3) is 0.364. The van der Waals surface area contributed by atoms with Crippen molar-refractivity contribution in [1.82, 2.24) is 0 Å². The molecule has 2 nitrogen and oxygen atoms in total. The summed E-state index contributed by atoms with van der Waals surface area (Å²) in [6.45, 7) is 4.42. The first-order chi connectivity index (χ1) is 7.00. The van der Waals surface area contributed by atoms with Crippen molar-refractivity contribution in [1.29, 1.82) is 0 Å². The summed E-state index contributed by atoms with van der Waals surface area (Å²) in [5.41, 5.74) is 1.44. The normalized spacial score (nSPS) is 12.8. The third-order valence-corrected chi connectivity index (χ3v) is 5.70.